The number of aromatic nitrogens is 2. The number of aryl methyl sites for hydroxylation is 1. The summed E-state index contributed by atoms with van der Waals surface area (Å²) < 4.78 is 6.58. The molecule has 0 spiro atoms. The molecular formula is C22H26N4O3. The summed E-state index contributed by atoms with van der Waals surface area (Å²) in [5.74, 6) is 0.223. The van der Waals surface area contributed by atoms with E-state index in [1.54, 1.807) is 12.1 Å². The minimum Gasteiger partial charge on any atom is -0.469 e. The summed E-state index contributed by atoms with van der Waals surface area (Å²) >= 11 is 0. The Labute approximate surface area is 169 Å². The molecule has 3 N–H and O–H groups in total. The van der Waals surface area contributed by atoms with Gasteiger partial charge in [-0.15, -0.1) is 0 Å². The molecule has 3 aromatic rings. The number of rotatable bonds is 7. The molecule has 152 valence electrons. The van der Waals surface area contributed by atoms with E-state index in [0.717, 1.165) is 28.8 Å². The molecule has 0 radical (unpaired) electrons. The Morgan fingerprint density at radius 1 is 1.21 bits per heavy atom. The predicted octanol–water partition coefficient (Wildman–Crippen LogP) is 2.42. The zero-order chi connectivity index (χ0) is 21.0. The van der Waals surface area contributed by atoms with E-state index in [4.69, 9.17) is 10.7 Å². The molecule has 7 nitrogen and oxygen atoms in total. The number of carbonyl (C=O) groups is 2. The maximum absolute atomic E-state index is 12.3. The topological polar surface area (TPSA) is 99.2 Å². The number of esters is 1. The first-order valence-corrected chi connectivity index (χ1v) is 9.55. The number of benzene rings is 2. The van der Waals surface area contributed by atoms with Gasteiger partial charge in [-0.3, -0.25) is 9.59 Å². The number of fused-ring (bicyclic) bond motifs is 1. The van der Waals surface area contributed by atoms with Gasteiger partial charge in [0, 0.05) is 30.8 Å². The summed E-state index contributed by atoms with van der Waals surface area (Å²) in [6.45, 7) is 2.22. The molecule has 2 aromatic carbocycles. The molecule has 1 unspecified atom stereocenters. The van der Waals surface area contributed by atoms with E-state index in [0.29, 0.717) is 5.56 Å². The second kappa shape index (κ2) is 8.87. The Bertz CT molecular complexity index is 1020. The Balaban J connectivity index is 1.80. The summed E-state index contributed by atoms with van der Waals surface area (Å²) in [4.78, 5) is 28.2. The Kier molecular flexibility index (Phi) is 6.29. The van der Waals surface area contributed by atoms with Crippen molar-refractivity contribution < 1.29 is 14.3 Å². The number of hydrogen-bond acceptors (Lipinski definition) is 5. The molecular weight excluding hydrogens is 368 g/mol. The van der Waals surface area contributed by atoms with Crippen LogP contribution in [0.3, 0.4) is 0 Å². The maximum Gasteiger partial charge on any atom is 0.307 e. The number of imidazole rings is 1. The van der Waals surface area contributed by atoms with E-state index in [-0.39, 0.29) is 30.9 Å². The number of ether oxygens (including phenoxy) is 1. The zero-order valence-electron chi connectivity index (χ0n) is 16.9. The number of nitrogens with one attached hydrogen (secondary N) is 1. The smallest absolute Gasteiger partial charge is 0.307 e. The number of amides is 1. The molecule has 0 fully saturated rings. The number of carbonyl (C=O) groups excluding carboxylic acids is 2. The fourth-order valence-corrected chi connectivity index (χ4v) is 3.24. The molecule has 1 amide bonds. The van der Waals surface area contributed by atoms with Crippen molar-refractivity contribution in [3.63, 3.8) is 0 Å². The van der Waals surface area contributed by atoms with Crippen LogP contribution in [0.15, 0.2) is 42.5 Å². The van der Waals surface area contributed by atoms with Gasteiger partial charge in [-0.25, -0.2) is 4.98 Å². The average Bonchev–Trinajstić information content (AvgIpc) is 3.03. The zero-order valence-corrected chi connectivity index (χ0v) is 16.9. The van der Waals surface area contributed by atoms with Crippen LogP contribution in [0.25, 0.3) is 22.4 Å². The van der Waals surface area contributed by atoms with E-state index in [1.165, 1.54) is 12.7 Å². The highest BCUT2D eigenvalue weighted by Gasteiger charge is 2.13. The summed E-state index contributed by atoms with van der Waals surface area (Å²) in [5.41, 5.74) is 10.2. The lowest BCUT2D eigenvalue weighted by Gasteiger charge is -2.07. The summed E-state index contributed by atoms with van der Waals surface area (Å²) in [5, 5.41) is 2.72. The molecule has 0 aliphatic carbocycles. The molecule has 0 saturated heterocycles. The largest absolute Gasteiger partial charge is 0.469 e. The van der Waals surface area contributed by atoms with E-state index >= 15 is 0 Å². The maximum atomic E-state index is 12.3. The lowest BCUT2D eigenvalue weighted by Crippen LogP contribution is -2.26. The highest BCUT2D eigenvalue weighted by molar-refractivity contribution is 5.98. The quantitative estimate of drug-likeness (QED) is 0.600. The third kappa shape index (κ3) is 4.81. The lowest BCUT2D eigenvalue weighted by atomic mass is 10.1. The number of hydrogen-bond donors (Lipinski definition) is 2. The highest BCUT2D eigenvalue weighted by Crippen LogP contribution is 2.25. The van der Waals surface area contributed by atoms with Gasteiger partial charge in [-0.2, -0.15) is 0 Å². The van der Waals surface area contributed by atoms with Crippen molar-refractivity contribution in [2.45, 2.75) is 25.8 Å². The summed E-state index contributed by atoms with van der Waals surface area (Å²) in [6.07, 6.45) is 0.967. The van der Waals surface area contributed by atoms with Gasteiger partial charge in [-0.05, 0) is 37.1 Å². The molecule has 29 heavy (non-hydrogen) atoms. The van der Waals surface area contributed by atoms with Gasteiger partial charge in [0.1, 0.15) is 5.82 Å². The normalized spacial score (nSPS) is 12.0. The van der Waals surface area contributed by atoms with Crippen molar-refractivity contribution in [2.75, 3.05) is 13.7 Å². The molecule has 3 rings (SSSR count). The van der Waals surface area contributed by atoms with Crippen molar-refractivity contribution in [2.24, 2.45) is 12.8 Å². The van der Waals surface area contributed by atoms with E-state index in [2.05, 4.69) is 22.2 Å². The van der Waals surface area contributed by atoms with Crippen LogP contribution in [0.5, 0.6) is 0 Å². The molecule has 1 heterocycles. The highest BCUT2D eigenvalue weighted by atomic mass is 16.5. The van der Waals surface area contributed by atoms with Crippen LogP contribution in [0.2, 0.25) is 0 Å². The number of methoxy groups -OCH3 is 1. The monoisotopic (exact) mass is 394 g/mol. The Morgan fingerprint density at radius 2 is 1.93 bits per heavy atom. The van der Waals surface area contributed by atoms with Gasteiger partial charge in [-0.1, -0.05) is 24.3 Å². The van der Waals surface area contributed by atoms with Crippen LogP contribution < -0.4 is 11.1 Å². The van der Waals surface area contributed by atoms with Crippen LogP contribution in [0, 0.1) is 0 Å². The Hall–Kier alpha value is -3.19. The predicted molar refractivity (Wildman–Crippen MR) is 112 cm³/mol. The van der Waals surface area contributed by atoms with E-state index < -0.39 is 0 Å². The van der Waals surface area contributed by atoms with Crippen LogP contribution in [-0.2, 0) is 23.0 Å². The van der Waals surface area contributed by atoms with Crippen LogP contribution in [-0.4, -0.2) is 41.1 Å². The van der Waals surface area contributed by atoms with Crippen molar-refractivity contribution in [1.82, 2.24) is 14.9 Å². The van der Waals surface area contributed by atoms with Crippen molar-refractivity contribution in [3.8, 4) is 11.4 Å². The third-order valence-corrected chi connectivity index (χ3v) is 4.76. The first-order chi connectivity index (χ1) is 13.9. The van der Waals surface area contributed by atoms with Gasteiger partial charge < -0.3 is 20.4 Å². The molecule has 0 saturated carbocycles. The van der Waals surface area contributed by atoms with Gasteiger partial charge in [0.2, 0.25) is 0 Å². The molecule has 0 aliphatic heterocycles. The molecule has 1 aromatic heterocycles. The van der Waals surface area contributed by atoms with Gasteiger partial charge >= 0.3 is 5.97 Å². The average molecular weight is 394 g/mol. The van der Waals surface area contributed by atoms with Crippen LogP contribution >= 0.6 is 0 Å². The third-order valence-electron chi connectivity index (χ3n) is 4.76. The lowest BCUT2D eigenvalue weighted by molar-refractivity contribution is -0.140. The van der Waals surface area contributed by atoms with Gasteiger partial charge in [0.25, 0.3) is 5.91 Å². The van der Waals surface area contributed by atoms with E-state index in [9.17, 15) is 9.59 Å². The number of nitrogens with zero attached hydrogens (tertiary/aromatic N) is 2. The number of nitrogens with two attached hydrogens (primary N) is 1. The van der Waals surface area contributed by atoms with Crippen LogP contribution in [0.1, 0.15) is 29.3 Å². The second-order valence-corrected chi connectivity index (χ2v) is 7.16. The van der Waals surface area contributed by atoms with Gasteiger partial charge in [0.05, 0.1) is 24.6 Å². The first-order valence-electron chi connectivity index (χ1n) is 9.55. The summed E-state index contributed by atoms with van der Waals surface area (Å²) in [6, 6.07) is 13.7. The van der Waals surface area contributed by atoms with Crippen molar-refractivity contribution in [1.29, 1.82) is 0 Å². The molecule has 7 heteroatoms. The SMILES string of the molecule is COC(=O)CCNC(=O)c1ccc2c(c1)nc(-c1ccc(CC(C)N)cc1)n2C. The fraction of sp³-hybridized carbons (Fsp3) is 0.318. The molecule has 0 bridgehead atoms. The molecule has 0 aliphatic rings. The van der Waals surface area contributed by atoms with Crippen LogP contribution in [0.4, 0.5) is 0 Å². The summed E-state index contributed by atoms with van der Waals surface area (Å²) in [7, 11) is 3.28. The minimum absolute atomic E-state index is 0.119. The fourth-order valence-electron chi connectivity index (χ4n) is 3.24. The van der Waals surface area contributed by atoms with Gasteiger partial charge in [0.15, 0.2) is 0 Å². The first kappa shape index (κ1) is 20.5. The minimum atomic E-state index is -0.359. The van der Waals surface area contributed by atoms with Crippen molar-refractivity contribution in [3.05, 3.63) is 53.6 Å². The second-order valence-electron chi connectivity index (χ2n) is 7.16. The Morgan fingerprint density at radius 3 is 2.59 bits per heavy atom. The van der Waals surface area contributed by atoms with E-state index in [1.807, 2.05) is 36.7 Å². The van der Waals surface area contributed by atoms with Crippen molar-refractivity contribution >= 4 is 22.9 Å². The molecule has 1 atom stereocenters. The standard InChI is InChI=1S/C22H26N4O3/c1-14(23)12-15-4-6-16(7-5-15)21-25-18-13-17(8-9-19(18)26(21)2)22(28)24-11-10-20(27)29-3/h4-9,13-14H,10-12,23H2,1-3H3,(H,24,28).